The lowest BCUT2D eigenvalue weighted by molar-refractivity contribution is -0.265. The maximum Gasteiger partial charge on any atom is 0.306 e. The molecule has 0 saturated heterocycles. The van der Waals surface area contributed by atoms with Crippen LogP contribution in [-0.2, 0) is 28.6 Å². The van der Waals surface area contributed by atoms with Gasteiger partial charge in [0.2, 0.25) is 0 Å². The third kappa shape index (κ3) is 6.86. The van der Waals surface area contributed by atoms with Crippen molar-refractivity contribution in [2.24, 2.45) is 50.2 Å². The Labute approximate surface area is 323 Å². The fourth-order valence-corrected chi connectivity index (χ4v) is 12.5. The lowest BCUT2D eigenvalue weighted by Crippen LogP contribution is -2.72. The molecule has 54 heavy (non-hydrogen) atoms. The smallest absolute Gasteiger partial charge is 0.306 e. The summed E-state index contributed by atoms with van der Waals surface area (Å²) in [5.41, 5.74) is -2.24. The Morgan fingerprint density at radius 2 is 1.33 bits per heavy atom. The van der Waals surface area contributed by atoms with Crippen molar-refractivity contribution in [2.45, 2.75) is 149 Å². The van der Waals surface area contributed by atoms with E-state index in [-0.39, 0.29) is 67.0 Å². The highest BCUT2D eigenvalue weighted by Crippen LogP contribution is 2.76. The summed E-state index contributed by atoms with van der Waals surface area (Å²) >= 11 is 0. The van der Waals surface area contributed by atoms with Crippen molar-refractivity contribution in [3.05, 3.63) is 49.6 Å². The van der Waals surface area contributed by atoms with Crippen LogP contribution in [0.2, 0.25) is 0 Å². The molecule has 4 saturated carbocycles. The first kappa shape index (κ1) is 42.4. The Morgan fingerprint density at radius 3 is 1.93 bits per heavy atom. The number of rotatable bonds is 14. The minimum absolute atomic E-state index is 0.118. The number of allylic oxidation sites excluding steroid dienone is 5. The summed E-state index contributed by atoms with van der Waals surface area (Å²) in [5.74, 6) is -1.14. The number of fused-ring (bicyclic) bond motifs is 7. The molecule has 0 heterocycles. The fourth-order valence-electron chi connectivity index (χ4n) is 12.5. The molecule has 4 fully saturated rings. The molecule has 5 aliphatic rings. The average molecular weight is 753 g/mol. The van der Waals surface area contributed by atoms with Crippen molar-refractivity contribution in [3.8, 4) is 0 Å². The van der Waals surface area contributed by atoms with Crippen LogP contribution in [0, 0.1) is 50.2 Å². The molecular weight excluding hydrogens is 684 g/mol. The van der Waals surface area contributed by atoms with E-state index in [1.54, 1.807) is 18.2 Å². The second-order valence-corrected chi connectivity index (χ2v) is 19.1. The minimum Gasteiger partial charge on any atom is -0.465 e. The molecule has 3 N–H and O–H groups in total. The standard InChI is InChI=1S/C45H68O9/c1-10-13-16-35(48)52-27-42(7)31-21-24-43(8)32(41(31,6)23-22-33(42)46)20-19-29-30-25-40(4,5)39(54-37(50)18-15-12-3)38(51)45(30,34(47)26-44(29,43)9)28-53-36(49)17-14-11-2/h10-12,19,30-34,38-39,46-47,51H,1-3,13-18,20-28H2,4-9H3/t30?,31?,32?,33-,34+,38-,39-,41-,42+,43+,44+,45-/m0/s1. The van der Waals surface area contributed by atoms with Gasteiger partial charge in [-0.25, -0.2) is 0 Å². The molecule has 0 amide bonds. The zero-order chi connectivity index (χ0) is 39.9. The minimum atomic E-state index is -1.29. The monoisotopic (exact) mass is 752 g/mol. The van der Waals surface area contributed by atoms with Crippen LogP contribution in [0.5, 0.6) is 0 Å². The first-order valence-electron chi connectivity index (χ1n) is 20.4. The molecule has 5 rings (SSSR count). The Bertz CT molecular complexity index is 1500. The van der Waals surface area contributed by atoms with Crippen LogP contribution in [0.25, 0.3) is 0 Å². The zero-order valence-electron chi connectivity index (χ0n) is 33.9. The van der Waals surface area contributed by atoms with Gasteiger partial charge in [-0.05, 0) is 98.2 Å². The summed E-state index contributed by atoms with van der Waals surface area (Å²) in [6.07, 6.45) is 10.3. The van der Waals surface area contributed by atoms with Crippen molar-refractivity contribution >= 4 is 17.9 Å². The lowest BCUT2D eigenvalue weighted by atomic mass is 9.33. The van der Waals surface area contributed by atoms with Gasteiger partial charge >= 0.3 is 17.9 Å². The SMILES string of the molecule is C=CCCC(=O)OC[C@@]12C(CC(C)(C)[C@@H](OC(=O)CCC=C)[C@@H]1O)C1=CCC3[C@@]4(C)CC[C@H](O)[C@](C)(COC(=O)CCC=C)C4CC[C@@]3(C)[C@]1(C)C[C@H]2O. The van der Waals surface area contributed by atoms with E-state index in [1.165, 1.54) is 5.57 Å². The van der Waals surface area contributed by atoms with Crippen LogP contribution in [0.4, 0.5) is 0 Å². The van der Waals surface area contributed by atoms with E-state index < -0.39 is 58.0 Å². The van der Waals surface area contributed by atoms with Gasteiger partial charge in [-0.15, -0.1) is 19.7 Å². The van der Waals surface area contributed by atoms with Crippen LogP contribution in [-0.4, -0.2) is 70.9 Å². The summed E-state index contributed by atoms with van der Waals surface area (Å²) in [6.45, 7) is 24.3. The predicted octanol–water partition coefficient (Wildman–Crippen LogP) is 7.58. The van der Waals surface area contributed by atoms with Crippen molar-refractivity contribution in [1.29, 1.82) is 0 Å². The maximum atomic E-state index is 13.0. The summed E-state index contributed by atoms with van der Waals surface area (Å²) in [7, 11) is 0. The molecule has 5 aliphatic carbocycles. The van der Waals surface area contributed by atoms with Gasteiger partial charge in [-0.3, -0.25) is 14.4 Å². The van der Waals surface area contributed by atoms with E-state index in [1.807, 2.05) is 13.8 Å². The van der Waals surface area contributed by atoms with E-state index in [2.05, 4.69) is 53.5 Å². The van der Waals surface area contributed by atoms with E-state index >= 15 is 0 Å². The first-order valence-corrected chi connectivity index (χ1v) is 20.4. The van der Waals surface area contributed by atoms with Gasteiger partial charge in [0.1, 0.15) is 18.8 Å². The van der Waals surface area contributed by atoms with E-state index in [9.17, 15) is 29.7 Å². The highest BCUT2D eigenvalue weighted by Gasteiger charge is 2.73. The molecule has 9 nitrogen and oxygen atoms in total. The summed E-state index contributed by atoms with van der Waals surface area (Å²) in [4.78, 5) is 38.7. The molecule has 0 aromatic rings. The number of esters is 3. The van der Waals surface area contributed by atoms with E-state index in [4.69, 9.17) is 14.2 Å². The highest BCUT2D eigenvalue weighted by molar-refractivity contribution is 5.70. The number of hydrogen-bond donors (Lipinski definition) is 3. The number of aliphatic hydroxyl groups is 3. The van der Waals surface area contributed by atoms with Crippen molar-refractivity contribution in [3.63, 3.8) is 0 Å². The Hall–Kier alpha value is -2.75. The number of ether oxygens (including phenoxy) is 3. The zero-order valence-corrected chi connectivity index (χ0v) is 33.9. The summed E-state index contributed by atoms with van der Waals surface area (Å²) in [5, 5.41) is 36.7. The van der Waals surface area contributed by atoms with Gasteiger partial charge in [-0.2, -0.15) is 0 Å². The van der Waals surface area contributed by atoms with Gasteiger partial charge in [0.15, 0.2) is 0 Å². The van der Waals surface area contributed by atoms with Gasteiger partial charge in [0.25, 0.3) is 0 Å². The molecule has 0 bridgehead atoms. The molecule has 0 aromatic carbocycles. The lowest BCUT2D eigenvalue weighted by Gasteiger charge is -2.72. The predicted molar refractivity (Wildman–Crippen MR) is 208 cm³/mol. The molecule has 0 spiro atoms. The van der Waals surface area contributed by atoms with Gasteiger partial charge < -0.3 is 29.5 Å². The van der Waals surface area contributed by atoms with Gasteiger partial charge in [0, 0.05) is 30.1 Å². The van der Waals surface area contributed by atoms with Crippen molar-refractivity contribution < 1.29 is 43.9 Å². The average Bonchev–Trinajstić information content (AvgIpc) is 3.11. The van der Waals surface area contributed by atoms with Crippen LogP contribution < -0.4 is 0 Å². The van der Waals surface area contributed by atoms with Crippen LogP contribution in [0.3, 0.4) is 0 Å². The molecule has 0 aliphatic heterocycles. The number of carbonyl (C=O) groups is 3. The second-order valence-electron chi connectivity index (χ2n) is 19.1. The molecule has 0 aromatic heterocycles. The van der Waals surface area contributed by atoms with E-state index in [0.717, 1.165) is 25.7 Å². The quantitative estimate of drug-likeness (QED) is 0.0931. The number of carbonyl (C=O) groups excluding carboxylic acids is 3. The molecule has 302 valence electrons. The first-order chi connectivity index (χ1) is 25.3. The molecule has 0 radical (unpaired) electrons. The molecule has 3 unspecified atom stereocenters. The molecule has 9 heteroatoms. The Balaban J connectivity index is 1.54. The third-order valence-electron chi connectivity index (χ3n) is 15.8. The summed E-state index contributed by atoms with van der Waals surface area (Å²) in [6, 6.07) is 0. The normalized spacial score (nSPS) is 42.0. The second kappa shape index (κ2) is 15.7. The number of hydrogen-bond acceptors (Lipinski definition) is 9. The third-order valence-corrected chi connectivity index (χ3v) is 15.8. The van der Waals surface area contributed by atoms with Crippen LogP contribution >= 0.6 is 0 Å². The van der Waals surface area contributed by atoms with Crippen molar-refractivity contribution in [2.75, 3.05) is 13.2 Å². The van der Waals surface area contributed by atoms with Crippen molar-refractivity contribution in [1.82, 2.24) is 0 Å². The van der Waals surface area contributed by atoms with Gasteiger partial charge in [0.05, 0.1) is 24.2 Å². The van der Waals surface area contributed by atoms with Crippen LogP contribution in [0.1, 0.15) is 125 Å². The van der Waals surface area contributed by atoms with Gasteiger partial charge in [-0.1, -0.05) is 71.4 Å². The van der Waals surface area contributed by atoms with E-state index in [0.29, 0.717) is 38.5 Å². The molecule has 12 atom stereocenters. The topological polar surface area (TPSA) is 140 Å². The summed E-state index contributed by atoms with van der Waals surface area (Å²) < 4.78 is 17.9. The highest BCUT2D eigenvalue weighted by atomic mass is 16.6. The Morgan fingerprint density at radius 1 is 0.759 bits per heavy atom. The maximum absolute atomic E-state index is 13.0. The number of aliphatic hydroxyl groups excluding tert-OH is 3. The molecular formula is C45H68O9. The fraction of sp³-hybridized carbons (Fsp3) is 0.756. The largest absolute Gasteiger partial charge is 0.465 e. The Kier molecular flexibility index (Phi) is 12.3. The van der Waals surface area contributed by atoms with Crippen LogP contribution in [0.15, 0.2) is 49.6 Å².